The fourth-order valence-corrected chi connectivity index (χ4v) is 4.78. The molecule has 1 aromatic heterocycles. The number of aromatic nitrogens is 2. The molecular weight excluding hydrogens is 296 g/mol. The molecule has 0 N–H and O–H groups in total. The van der Waals surface area contributed by atoms with E-state index >= 15 is 0 Å². The first-order valence-corrected chi connectivity index (χ1v) is 8.60. The fraction of sp³-hybridized carbons (Fsp3) is 0.714. The highest BCUT2D eigenvalue weighted by atomic mass is 35.5. The van der Waals surface area contributed by atoms with Gasteiger partial charge in [0.1, 0.15) is 11.0 Å². The number of hydrogen-bond donors (Lipinski definition) is 0. The van der Waals surface area contributed by atoms with Gasteiger partial charge in [-0.05, 0) is 44.1 Å². The van der Waals surface area contributed by atoms with Gasteiger partial charge in [0.15, 0.2) is 0 Å². The van der Waals surface area contributed by atoms with Crippen LogP contribution >= 0.6 is 23.4 Å². The molecule has 6 heteroatoms. The third-order valence-electron chi connectivity index (χ3n) is 4.33. The van der Waals surface area contributed by atoms with Crippen LogP contribution in [-0.4, -0.2) is 33.3 Å². The minimum Gasteiger partial charge on any atom is -0.375 e. The molecule has 110 valence electrons. The molecule has 1 unspecified atom stereocenters. The maximum absolute atomic E-state index is 12.2. The highest BCUT2D eigenvalue weighted by Gasteiger charge is 2.39. The first-order valence-electron chi connectivity index (χ1n) is 7.07. The Morgan fingerprint density at radius 2 is 2.25 bits per heavy atom. The SMILES string of the molecule is Cc1nc(Cl)cc(=O)n1C1CCOC2(CCSCC2)C1. The summed E-state index contributed by atoms with van der Waals surface area (Å²) in [6, 6.07) is 1.59. The van der Waals surface area contributed by atoms with Crippen molar-refractivity contribution in [1.82, 2.24) is 9.55 Å². The van der Waals surface area contributed by atoms with E-state index in [1.54, 1.807) is 4.57 Å². The van der Waals surface area contributed by atoms with Crippen LogP contribution in [0.4, 0.5) is 0 Å². The molecule has 1 aromatic rings. The molecule has 2 aliphatic heterocycles. The van der Waals surface area contributed by atoms with E-state index in [2.05, 4.69) is 4.98 Å². The molecular formula is C14H19ClN2O2S. The first kappa shape index (κ1) is 14.4. The summed E-state index contributed by atoms with van der Waals surface area (Å²) in [5.74, 6) is 3.01. The second kappa shape index (κ2) is 5.70. The molecule has 2 aliphatic rings. The molecule has 3 rings (SSSR count). The minimum absolute atomic E-state index is 0.0281. The smallest absolute Gasteiger partial charge is 0.255 e. The molecule has 0 saturated carbocycles. The summed E-state index contributed by atoms with van der Waals surface area (Å²) in [6.45, 7) is 2.58. The number of rotatable bonds is 1. The van der Waals surface area contributed by atoms with E-state index in [1.807, 2.05) is 18.7 Å². The summed E-state index contributed by atoms with van der Waals surface area (Å²) in [6.07, 6.45) is 3.96. The van der Waals surface area contributed by atoms with E-state index in [1.165, 1.54) is 6.07 Å². The van der Waals surface area contributed by atoms with Gasteiger partial charge in [0.05, 0.1) is 5.60 Å². The molecule has 0 aromatic carbocycles. The maximum atomic E-state index is 12.2. The van der Waals surface area contributed by atoms with Crippen molar-refractivity contribution in [1.29, 1.82) is 0 Å². The highest BCUT2D eigenvalue weighted by Crippen LogP contribution is 2.41. The van der Waals surface area contributed by atoms with E-state index in [0.29, 0.717) is 5.82 Å². The molecule has 0 amide bonds. The van der Waals surface area contributed by atoms with Crippen LogP contribution in [0.3, 0.4) is 0 Å². The summed E-state index contributed by atoms with van der Waals surface area (Å²) in [4.78, 5) is 16.5. The largest absolute Gasteiger partial charge is 0.375 e. The summed E-state index contributed by atoms with van der Waals surface area (Å²) in [7, 11) is 0. The fourth-order valence-electron chi connectivity index (χ4n) is 3.33. The van der Waals surface area contributed by atoms with Crippen molar-refractivity contribution in [2.24, 2.45) is 0 Å². The van der Waals surface area contributed by atoms with Crippen molar-refractivity contribution in [2.45, 2.75) is 44.2 Å². The Bertz CT molecular complexity index is 549. The normalized spacial score (nSPS) is 25.8. The van der Waals surface area contributed by atoms with E-state index in [0.717, 1.165) is 43.8 Å². The molecule has 1 atom stereocenters. The molecule has 4 nitrogen and oxygen atoms in total. The van der Waals surface area contributed by atoms with Gasteiger partial charge in [-0.2, -0.15) is 11.8 Å². The molecule has 0 bridgehead atoms. The van der Waals surface area contributed by atoms with Crippen molar-refractivity contribution in [3.05, 3.63) is 27.4 Å². The van der Waals surface area contributed by atoms with Crippen LogP contribution in [-0.2, 0) is 4.74 Å². The lowest BCUT2D eigenvalue weighted by Crippen LogP contribution is -2.45. The lowest BCUT2D eigenvalue weighted by Gasteiger charge is -2.43. The van der Waals surface area contributed by atoms with Crippen molar-refractivity contribution in [2.75, 3.05) is 18.1 Å². The number of ether oxygens (including phenoxy) is 1. The van der Waals surface area contributed by atoms with E-state index in [4.69, 9.17) is 16.3 Å². The third kappa shape index (κ3) is 2.76. The van der Waals surface area contributed by atoms with Gasteiger partial charge in [0.2, 0.25) is 0 Å². The molecule has 0 radical (unpaired) electrons. The molecule has 0 aliphatic carbocycles. The van der Waals surface area contributed by atoms with E-state index in [-0.39, 0.29) is 22.4 Å². The number of halogens is 1. The van der Waals surface area contributed by atoms with Gasteiger partial charge in [-0.15, -0.1) is 0 Å². The van der Waals surface area contributed by atoms with Gasteiger partial charge in [0, 0.05) is 18.7 Å². The summed E-state index contributed by atoms with van der Waals surface area (Å²) in [5, 5.41) is 0.277. The van der Waals surface area contributed by atoms with Gasteiger partial charge in [-0.3, -0.25) is 9.36 Å². The van der Waals surface area contributed by atoms with Crippen LogP contribution in [0.1, 0.15) is 37.5 Å². The van der Waals surface area contributed by atoms with Crippen molar-refractivity contribution < 1.29 is 4.74 Å². The summed E-state index contributed by atoms with van der Waals surface area (Å²) in [5.41, 5.74) is -0.0746. The maximum Gasteiger partial charge on any atom is 0.255 e. The minimum atomic E-state index is -0.0465. The molecule has 2 saturated heterocycles. The summed E-state index contributed by atoms with van der Waals surface area (Å²) >= 11 is 7.84. The van der Waals surface area contributed by atoms with Gasteiger partial charge in [-0.1, -0.05) is 11.6 Å². The quantitative estimate of drug-likeness (QED) is 0.748. The zero-order valence-corrected chi connectivity index (χ0v) is 13.2. The van der Waals surface area contributed by atoms with Crippen LogP contribution in [0.25, 0.3) is 0 Å². The van der Waals surface area contributed by atoms with Crippen LogP contribution in [0.15, 0.2) is 10.9 Å². The number of thioether (sulfide) groups is 1. The second-order valence-corrected chi connectivity index (χ2v) is 7.24. The number of aryl methyl sites for hydroxylation is 1. The predicted molar refractivity (Wildman–Crippen MR) is 81.8 cm³/mol. The Balaban J connectivity index is 1.89. The van der Waals surface area contributed by atoms with Crippen LogP contribution in [0.2, 0.25) is 5.15 Å². The highest BCUT2D eigenvalue weighted by molar-refractivity contribution is 7.99. The average Bonchev–Trinajstić information content (AvgIpc) is 2.38. The average molecular weight is 315 g/mol. The Morgan fingerprint density at radius 3 is 2.95 bits per heavy atom. The Labute approximate surface area is 127 Å². The van der Waals surface area contributed by atoms with Crippen molar-refractivity contribution in [3.8, 4) is 0 Å². The molecule has 1 spiro atoms. The number of hydrogen-bond acceptors (Lipinski definition) is 4. The van der Waals surface area contributed by atoms with Gasteiger partial charge in [0.25, 0.3) is 5.56 Å². The molecule has 3 heterocycles. The monoisotopic (exact) mass is 314 g/mol. The van der Waals surface area contributed by atoms with E-state index in [9.17, 15) is 4.79 Å². The van der Waals surface area contributed by atoms with E-state index < -0.39 is 0 Å². The van der Waals surface area contributed by atoms with Gasteiger partial charge >= 0.3 is 0 Å². The Hall–Kier alpha value is -0.520. The third-order valence-corrected chi connectivity index (χ3v) is 5.51. The topological polar surface area (TPSA) is 44.1 Å². The molecule has 20 heavy (non-hydrogen) atoms. The van der Waals surface area contributed by atoms with Crippen LogP contribution < -0.4 is 5.56 Å². The zero-order chi connectivity index (χ0) is 14.2. The lowest BCUT2D eigenvalue weighted by atomic mass is 9.85. The van der Waals surface area contributed by atoms with Crippen molar-refractivity contribution >= 4 is 23.4 Å². The lowest BCUT2D eigenvalue weighted by molar-refractivity contribution is -0.0995. The van der Waals surface area contributed by atoms with Crippen molar-refractivity contribution in [3.63, 3.8) is 0 Å². The second-order valence-electron chi connectivity index (χ2n) is 5.62. The van der Waals surface area contributed by atoms with Crippen LogP contribution in [0.5, 0.6) is 0 Å². The first-order chi connectivity index (χ1) is 9.60. The zero-order valence-electron chi connectivity index (χ0n) is 11.6. The van der Waals surface area contributed by atoms with Crippen LogP contribution in [0, 0.1) is 6.92 Å². The Kier molecular flexibility index (Phi) is 4.11. The molecule has 2 fully saturated rings. The predicted octanol–water partition coefficient (Wildman–Crippen LogP) is 2.82. The Morgan fingerprint density at radius 1 is 1.50 bits per heavy atom. The number of nitrogens with zero attached hydrogens (tertiary/aromatic N) is 2. The standard InChI is InChI=1S/C14H19ClN2O2S/c1-10-16-12(15)8-13(18)17(10)11-2-5-19-14(9-11)3-6-20-7-4-14/h8,11H,2-7,9H2,1H3. The van der Waals surface area contributed by atoms with Gasteiger partial charge < -0.3 is 4.74 Å². The summed E-state index contributed by atoms with van der Waals surface area (Å²) < 4.78 is 7.89. The van der Waals surface area contributed by atoms with Gasteiger partial charge in [-0.25, -0.2) is 4.98 Å².